The third-order valence-corrected chi connectivity index (χ3v) is 2.26. The predicted octanol–water partition coefficient (Wildman–Crippen LogP) is 0.749. The van der Waals surface area contributed by atoms with Gasteiger partial charge >= 0.3 is 5.97 Å². The molecule has 4 heteroatoms. The highest BCUT2D eigenvalue weighted by Crippen LogP contribution is 2.10. The number of nitrogens with two attached hydrogens (primary N) is 1. The number of carboxylic acid groups (broad SMARTS) is 1. The van der Waals surface area contributed by atoms with Crippen molar-refractivity contribution in [2.24, 2.45) is 5.73 Å². The molecule has 0 aromatic heterocycles. The Hall–Kier alpha value is -1.39. The van der Waals surface area contributed by atoms with Gasteiger partial charge in [-0.1, -0.05) is 30.3 Å². The predicted molar refractivity (Wildman–Crippen MR) is 58.5 cm³/mol. The van der Waals surface area contributed by atoms with Crippen molar-refractivity contribution in [2.45, 2.75) is 19.0 Å². The van der Waals surface area contributed by atoms with Crippen molar-refractivity contribution in [3.05, 3.63) is 35.9 Å². The summed E-state index contributed by atoms with van der Waals surface area (Å²) in [4.78, 5) is 10.5. The minimum atomic E-state index is -0.984. The highest BCUT2D eigenvalue weighted by atomic mass is 16.4. The molecule has 2 atom stereocenters. The Labute approximate surface area is 89.1 Å². The van der Waals surface area contributed by atoms with E-state index in [4.69, 9.17) is 10.8 Å². The van der Waals surface area contributed by atoms with E-state index in [0.29, 0.717) is 0 Å². The fourth-order valence-electron chi connectivity index (χ4n) is 1.25. The van der Waals surface area contributed by atoms with Gasteiger partial charge in [0.1, 0.15) is 6.04 Å². The maximum atomic E-state index is 10.5. The van der Waals surface area contributed by atoms with E-state index in [0.717, 1.165) is 5.56 Å². The number of nitrogens with one attached hydrogen (secondary N) is 1. The van der Waals surface area contributed by atoms with Gasteiger partial charge in [-0.25, -0.2) is 0 Å². The molecule has 0 amide bonds. The summed E-state index contributed by atoms with van der Waals surface area (Å²) in [7, 11) is 0. The van der Waals surface area contributed by atoms with Crippen LogP contribution in [0.3, 0.4) is 0 Å². The maximum absolute atomic E-state index is 10.5. The molecular weight excluding hydrogens is 192 g/mol. The molecule has 1 aromatic rings. The number of benzene rings is 1. The summed E-state index contributed by atoms with van der Waals surface area (Å²) >= 11 is 0. The molecule has 4 N–H and O–H groups in total. The Morgan fingerprint density at radius 2 is 2.07 bits per heavy atom. The zero-order chi connectivity index (χ0) is 11.3. The first-order chi connectivity index (χ1) is 7.11. The normalized spacial score (nSPS) is 14.5. The molecule has 0 aliphatic rings. The first-order valence-electron chi connectivity index (χ1n) is 4.88. The third-order valence-electron chi connectivity index (χ3n) is 2.26. The fraction of sp³-hybridized carbons (Fsp3) is 0.364. The summed E-state index contributed by atoms with van der Waals surface area (Å²) in [5.74, 6) is -0.984. The molecular formula is C11H16N2O2. The topological polar surface area (TPSA) is 75.3 Å². The van der Waals surface area contributed by atoms with Gasteiger partial charge in [0.25, 0.3) is 0 Å². The van der Waals surface area contributed by atoms with Crippen molar-refractivity contribution in [2.75, 3.05) is 6.54 Å². The first-order valence-corrected chi connectivity index (χ1v) is 4.88. The van der Waals surface area contributed by atoms with Crippen LogP contribution in [0.5, 0.6) is 0 Å². The highest BCUT2D eigenvalue weighted by molar-refractivity contribution is 5.73. The Morgan fingerprint density at radius 3 is 2.60 bits per heavy atom. The minimum absolute atomic E-state index is 0.108. The average Bonchev–Trinajstić information content (AvgIpc) is 2.26. The van der Waals surface area contributed by atoms with Crippen molar-refractivity contribution >= 4 is 5.97 Å². The number of carboxylic acids is 1. The molecule has 4 nitrogen and oxygen atoms in total. The van der Waals surface area contributed by atoms with Crippen LogP contribution in [0.25, 0.3) is 0 Å². The van der Waals surface area contributed by atoms with Crippen LogP contribution in [0.4, 0.5) is 0 Å². The number of rotatable bonds is 5. The summed E-state index contributed by atoms with van der Waals surface area (Å²) in [5.41, 5.74) is 6.50. The quantitative estimate of drug-likeness (QED) is 0.667. The van der Waals surface area contributed by atoms with Crippen LogP contribution >= 0.6 is 0 Å². The number of hydrogen-bond acceptors (Lipinski definition) is 3. The Bertz CT molecular complexity index is 314. The number of carbonyl (C=O) groups is 1. The summed E-state index contributed by atoms with van der Waals surface area (Å²) in [5, 5.41) is 11.7. The van der Waals surface area contributed by atoms with Crippen molar-refractivity contribution < 1.29 is 9.90 Å². The summed E-state index contributed by atoms with van der Waals surface area (Å²) in [6, 6.07) is 9.08. The van der Waals surface area contributed by atoms with Crippen LogP contribution in [0.15, 0.2) is 30.3 Å². The minimum Gasteiger partial charge on any atom is -0.480 e. The molecule has 0 fully saturated rings. The second-order valence-electron chi connectivity index (χ2n) is 3.49. The summed E-state index contributed by atoms with van der Waals surface area (Å²) in [6.07, 6.45) is 0. The molecule has 0 radical (unpaired) electrons. The van der Waals surface area contributed by atoms with Gasteiger partial charge in [0.15, 0.2) is 0 Å². The smallest absolute Gasteiger partial charge is 0.321 e. The number of hydrogen-bond donors (Lipinski definition) is 3. The van der Waals surface area contributed by atoms with E-state index in [9.17, 15) is 4.79 Å². The Kier molecular flexibility index (Phi) is 4.27. The van der Waals surface area contributed by atoms with E-state index in [1.165, 1.54) is 0 Å². The monoisotopic (exact) mass is 208 g/mol. The van der Waals surface area contributed by atoms with Gasteiger partial charge in [0, 0.05) is 12.6 Å². The van der Waals surface area contributed by atoms with Gasteiger partial charge < -0.3 is 16.2 Å². The first kappa shape index (κ1) is 11.7. The van der Waals surface area contributed by atoms with Crippen LogP contribution in [0.2, 0.25) is 0 Å². The van der Waals surface area contributed by atoms with Crippen LogP contribution in [-0.4, -0.2) is 23.7 Å². The Morgan fingerprint density at radius 1 is 1.47 bits per heavy atom. The van der Waals surface area contributed by atoms with E-state index in [2.05, 4.69) is 5.32 Å². The van der Waals surface area contributed by atoms with Crippen LogP contribution in [0.1, 0.15) is 18.5 Å². The zero-order valence-electron chi connectivity index (χ0n) is 8.68. The Balaban J connectivity index is 2.43. The molecule has 1 rings (SSSR count). The standard InChI is InChI=1S/C11H16N2O2/c1-8(9-5-3-2-4-6-9)13-7-10(12)11(14)15/h2-6,8,10,13H,7,12H2,1H3,(H,14,15)/t8-,10+/m1/s1. The molecule has 0 bridgehead atoms. The average molecular weight is 208 g/mol. The lowest BCUT2D eigenvalue weighted by Crippen LogP contribution is -2.41. The van der Waals surface area contributed by atoms with Crippen molar-refractivity contribution in [1.29, 1.82) is 0 Å². The molecule has 0 unspecified atom stereocenters. The zero-order valence-corrected chi connectivity index (χ0v) is 8.68. The molecule has 0 aliphatic heterocycles. The summed E-state index contributed by atoms with van der Waals surface area (Å²) < 4.78 is 0. The second kappa shape index (κ2) is 5.48. The van der Waals surface area contributed by atoms with E-state index in [-0.39, 0.29) is 12.6 Å². The van der Waals surface area contributed by atoms with E-state index >= 15 is 0 Å². The lowest BCUT2D eigenvalue weighted by atomic mass is 10.1. The molecule has 0 heterocycles. The van der Waals surface area contributed by atoms with Crippen molar-refractivity contribution in [1.82, 2.24) is 5.32 Å². The molecule has 0 spiro atoms. The van der Waals surface area contributed by atoms with Crippen LogP contribution in [-0.2, 0) is 4.79 Å². The van der Waals surface area contributed by atoms with Crippen molar-refractivity contribution in [3.63, 3.8) is 0 Å². The summed E-state index contributed by atoms with van der Waals surface area (Å²) in [6.45, 7) is 2.25. The second-order valence-corrected chi connectivity index (χ2v) is 3.49. The largest absolute Gasteiger partial charge is 0.480 e. The maximum Gasteiger partial charge on any atom is 0.321 e. The van der Waals surface area contributed by atoms with Crippen LogP contribution < -0.4 is 11.1 Å². The fourth-order valence-corrected chi connectivity index (χ4v) is 1.25. The SMILES string of the molecule is C[C@@H](NC[C@H](N)C(=O)O)c1ccccc1. The highest BCUT2D eigenvalue weighted by Gasteiger charge is 2.12. The van der Waals surface area contributed by atoms with Gasteiger partial charge in [-0.05, 0) is 12.5 Å². The van der Waals surface area contributed by atoms with Gasteiger partial charge in [-0.15, -0.1) is 0 Å². The van der Waals surface area contributed by atoms with E-state index in [1.807, 2.05) is 37.3 Å². The van der Waals surface area contributed by atoms with E-state index < -0.39 is 12.0 Å². The molecule has 0 aliphatic carbocycles. The van der Waals surface area contributed by atoms with E-state index in [1.54, 1.807) is 0 Å². The molecule has 0 saturated carbocycles. The molecule has 1 aromatic carbocycles. The van der Waals surface area contributed by atoms with Gasteiger partial charge in [-0.3, -0.25) is 4.79 Å². The van der Waals surface area contributed by atoms with Gasteiger partial charge in [0.2, 0.25) is 0 Å². The van der Waals surface area contributed by atoms with Crippen LogP contribution in [0, 0.1) is 0 Å². The number of aliphatic carboxylic acids is 1. The molecule has 82 valence electrons. The van der Waals surface area contributed by atoms with Gasteiger partial charge in [0.05, 0.1) is 0 Å². The lowest BCUT2D eigenvalue weighted by Gasteiger charge is -2.15. The van der Waals surface area contributed by atoms with Gasteiger partial charge in [-0.2, -0.15) is 0 Å². The molecule has 0 saturated heterocycles. The van der Waals surface area contributed by atoms with Crippen molar-refractivity contribution in [3.8, 4) is 0 Å². The molecule has 15 heavy (non-hydrogen) atoms. The lowest BCUT2D eigenvalue weighted by molar-refractivity contribution is -0.138. The third kappa shape index (κ3) is 3.69.